The summed E-state index contributed by atoms with van der Waals surface area (Å²) in [4.78, 5) is 4.08. The second-order valence-corrected chi connectivity index (χ2v) is 4.64. The number of halogens is 2. The quantitative estimate of drug-likeness (QED) is 0.578. The number of nitrogens with zero attached hydrogens (tertiary/aromatic N) is 1. The molecule has 0 saturated heterocycles. The van der Waals surface area contributed by atoms with E-state index in [-0.39, 0.29) is 6.10 Å². The van der Waals surface area contributed by atoms with E-state index in [1.54, 1.807) is 18.5 Å². The Bertz CT molecular complexity index is 456. The lowest BCUT2D eigenvalue weighted by atomic mass is 10.2. The highest BCUT2D eigenvalue weighted by Crippen LogP contribution is 2.24. The molecule has 2 nitrogen and oxygen atoms in total. The zero-order valence-electron chi connectivity index (χ0n) is 9.49. The molecule has 0 aliphatic heterocycles. The minimum Gasteiger partial charge on any atom is -0.484 e. The van der Waals surface area contributed by atoms with E-state index in [1.165, 1.54) is 6.08 Å². The van der Waals surface area contributed by atoms with Crippen molar-refractivity contribution in [3.8, 4) is 0 Å². The first-order chi connectivity index (χ1) is 8.08. The van der Waals surface area contributed by atoms with E-state index in [0.29, 0.717) is 10.8 Å². The number of pyridine rings is 1. The number of hydrogen-bond donors (Lipinski definition) is 0. The highest BCUT2D eigenvalue weighted by Gasteiger charge is 2.10. The van der Waals surface area contributed by atoms with Gasteiger partial charge in [-0.3, -0.25) is 4.98 Å². The lowest BCUT2D eigenvalue weighted by molar-refractivity contribution is 0.142. The molecule has 1 atom stereocenters. The summed E-state index contributed by atoms with van der Waals surface area (Å²) in [6, 6.07) is 1.94. The van der Waals surface area contributed by atoms with Gasteiger partial charge in [0.05, 0.1) is 5.03 Å². The van der Waals surface area contributed by atoms with Gasteiger partial charge < -0.3 is 4.74 Å². The van der Waals surface area contributed by atoms with Crippen molar-refractivity contribution < 1.29 is 4.74 Å². The molecule has 0 bridgehead atoms. The summed E-state index contributed by atoms with van der Waals surface area (Å²) in [7, 11) is 0. The summed E-state index contributed by atoms with van der Waals surface area (Å²) < 4.78 is 6.60. The van der Waals surface area contributed by atoms with Crippen molar-refractivity contribution in [3.05, 3.63) is 64.6 Å². The fraction of sp³-hybridized carbons (Fsp3) is 0.154. The molecule has 0 fully saturated rings. The maximum Gasteiger partial charge on any atom is 0.138 e. The Labute approximate surface area is 115 Å². The Morgan fingerprint density at radius 1 is 1.47 bits per heavy atom. The molecule has 1 heterocycles. The van der Waals surface area contributed by atoms with E-state index < -0.39 is 0 Å². The zero-order chi connectivity index (χ0) is 12.8. The van der Waals surface area contributed by atoms with Crippen LogP contribution in [0.1, 0.15) is 18.6 Å². The van der Waals surface area contributed by atoms with Crippen LogP contribution < -0.4 is 0 Å². The van der Waals surface area contributed by atoms with Crippen LogP contribution in [0.25, 0.3) is 0 Å². The lowest BCUT2D eigenvalue weighted by Gasteiger charge is -2.16. The van der Waals surface area contributed by atoms with Crippen LogP contribution in [-0.4, -0.2) is 4.98 Å². The van der Waals surface area contributed by atoms with Gasteiger partial charge in [-0.15, -0.1) is 0 Å². The van der Waals surface area contributed by atoms with Crippen molar-refractivity contribution in [1.82, 2.24) is 4.98 Å². The summed E-state index contributed by atoms with van der Waals surface area (Å²) in [6.45, 7) is 9.16. The Balaban J connectivity index is 2.89. The summed E-state index contributed by atoms with van der Waals surface area (Å²) in [5.41, 5.74) is 0.951. The highest BCUT2D eigenvalue weighted by molar-refractivity contribution is 9.10. The van der Waals surface area contributed by atoms with Crippen molar-refractivity contribution in [2.75, 3.05) is 0 Å². The van der Waals surface area contributed by atoms with Gasteiger partial charge in [-0.05, 0) is 41.1 Å². The Kier molecular flexibility index (Phi) is 5.45. The van der Waals surface area contributed by atoms with Crippen molar-refractivity contribution in [2.24, 2.45) is 0 Å². The predicted molar refractivity (Wildman–Crippen MR) is 74.7 cm³/mol. The van der Waals surface area contributed by atoms with E-state index in [1.807, 2.05) is 13.0 Å². The summed E-state index contributed by atoms with van der Waals surface area (Å²) in [5, 5.41) is 0.440. The third-order valence-electron chi connectivity index (χ3n) is 2.10. The molecule has 0 saturated carbocycles. The second-order valence-electron chi connectivity index (χ2n) is 3.32. The largest absolute Gasteiger partial charge is 0.484 e. The maximum absolute atomic E-state index is 5.93. The first-order valence-electron chi connectivity index (χ1n) is 5.00. The van der Waals surface area contributed by atoms with E-state index in [4.69, 9.17) is 16.3 Å². The second kappa shape index (κ2) is 6.62. The fourth-order valence-electron chi connectivity index (χ4n) is 1.21. The fourth-order valence-corrected chi connectivity index (χ4v) is 1.72. The SMILES string of the molecule is C=C/C(Cl)=C(\C=C)OC(C)c1cncc(Br)c1. The molecule has 1 aromatic heterocycles. The highest BCUT2D eigenvalue weighted by atomic mass is 79.9. The molecule has 1 unspecified atom stereocenters. The van der Waals surface area contributed by atoms with Gasteiger partial charge in [-0.25, -0.2) is 0 Å². The van der Waals surface area contributed by atoms with Crippen molar-refractivity contribution >= 4 is 27.5 Å². The maximum atomic E-state index is 5.93. The van der Waals surface area contributed by atoms with Gasteiger partial charge in [-0.1, -0.05) is 24.8 Å². The Morgan fingerprint density at radius 2 is 2.18 bits per heavy atom. The first-order valence-corrected chi connectivity index (χ1v) is 6.17. The van der Waals surface area contributed by atoms with Gasteiger partial charge in [0.15, 0.2) is 0 Å². The molecular formula is C13H13BrClNO. The van der Waals surface area contributed by atoms with Crippen molar-refractivity contribution in [1.29, 1.82) is 0 Å². The van der Waals surface area contributed by atoms with Crippen LogP contribution >= 0.6 is 27.5 Å². The molecule has 1 rings (SSSR count). The van der Waals surface area contributed by atoms with Crippen LogP contribution in [0.15, 0.2) is 59.0 Å². The van der Waals surface area contributed by atoms with Gasteiger partial charge in [0, 0.05) is 22.4 Å². The molecule has 0 N–H and O–H groups in total. The molecule has 1 aromatic rings. The number of hydrogen-bond acceptors (Lipinski definition) is 2. The Hall–Kier alpha value is -1.06. The molecule has 0 aliphatic carbocycles. The third-order valence-corrected chi connectivity index (χ3v) is 2.87. The smallest absolute Gasteiger partial charge is 0.138 e. The van der Waals surface area contributed by atoms with E-state index in [9.17, 15) is 0 Å². The standard InChI is InChI=1S/C13H13BrClNO/c1-4-12(15)13(5-2)17-9(3)10-6-11(14)8-16-7-10/h4-9H,1-2H2,3H3/b13-12-. The van der Waals surface area contributed by atoms with Crippen LogP contribution in [0.5, 0.6) is 0 Å². The minimum atomic E-state index is -0.165. The molecule has 17 heavy (non-hydrogen) atoms. The molecule has 0 radical (unpaired) electrons. The molecule has 0 aliphatic rings. The van der Waals surface area contributed by atoms with E-state index in [0.717, 1.165) is 10.0 Å². The number of aromatic nitrogens is 1. The average molecular weight is 315 g/mol. The summed E-state index contributed by atoms with van der Waals surface area (Å²) >= 11 is 9.30. The number of allylic oxidation sites excluding steroid dienone is 3. The molecular weight excluding hydrogens is 302 g/mol. The molecule has 0 aromatic carbocycles. The van der Waals surface area contributed by atoms with Crippen LogP contribution in [0, 0.1) is 0 Å². The normalized spacial score (nSPS) is 13.6. The minimum absolute atomic E-state index is 0.165. The molecule has 0 amide bonds. The van der Waals surface area contributed by atoms with Crippen LogP contribution in [0.3, 0.4) is 0 Å². The van der Waals surface area contributed by atoms with Gasteiger partial charge in [-0.2, -0.15) is 0 Å². The molecule has 0 spiro atoms. The van der Waals surface area contributed by atoms with Crippen molar-refractivity contribution in [2.45, 2.75) is 13.0 Å². The Morgan fingerprint density at radius 3 is 2.71 bits per heavy atom. The van der Waals surface area contributed by atoms with Gasteiger partial charge in [0.2, 0.25) is 0 Å². The van der Waals surface area contributed by atoms with E-state index in [2.05, 4.69) is 34.1 Å². The third kappa shape index (κ3) is 4.02. The summed E-state index contributed by atoms with van der Waals surface area (Å²) in [6.07, 6.45) is 6.38. The lowest BCUT2D eigenvalue weighted by Crippen LogP contribution is -2.00. The van der Waals surface area contributed by atoms with Gasteiger partial charge in [0.1, 0.15) is 11.9 Å². The number of rotatable bonds is 5. The predicted octanol–water partition coefficient (Wildman–Crippen LogP) is 4.74. The monoisotopic (exact) mass is 313 g/mol. The zero-order valence-corrected chi connectivity index (χ0v) is 11.8. The first kappa shape index (κ1) is 14.0. The average Bonchev–Trinajstić information content (AvgIpc) is 2.34. The van der Waals surface area contributed by atoms with E-state index >= 15 is 0 Å². The van der Waals surface area contributed by atoms with Crippen molar-refractivity contribution in [3.63, 3.8) is 0 Å². The van der Waals surface area contributed by atoms with Crippen LogP contribution in [0.2, 0.25) is 0 Å². The van der Waals surface area contributed by atoms with Crippen LogP contribution in [0.4, 0.5) is 0 Å². The van der Waals surface area contributed by atoms with Crippen LogP contribution in [-0.2, 0) is 4.74 Å². The van der Waals surface area contributed by atoms with Gasteiger partial charge >= 0.3 is 0 Å². The summed E-state index contributed by atoms with van der Waals surface area (Å²) in [5.74, 6) is 0.508. The van der Waals surface area contributed by atoms with Gasteiger partial charge in [0.25, 0.3) is 0 Å². The molecule has 4 heteroatoms. The number of ether oxygens (including phenoxy) is 1. The topological polar surface area (TPSA) is 22.1 Å². The molecule has 90 valence electrons.